The van der Waals surface area contributed by atoms with Gasteiger partial charge in [0.05, 0.1) is 12.7 Å². The van der Waals surface area contributed by atoms with E-state index in [-0.39, 0.29) is 6.04 Å². The summed E-state index contributed by atoms with van der Waals surface area (Å²) in [5.74, 6) is -1.10. The second-order valence-electron chi connectivity index (χ2n) is 4.94. The average molecular weight is 263 g/mol. The smallest absolute Gasteiger partial charge is 0.131 e. The van der Waals surface area contributed by atoms with E-state index >= 15 is 0 Å². The highest BCUT2D eigenvalue weighted by Crippen LogP contribution is 2.28. The number of hydrogen-bond acceptors (Lipinski definition) is 2. The highest BCUT2D eigenvalue weighted by Gasteiger charge is 2.21. The molecular weight excluding hydrogens is 248 g/mol. The van der Waals surface area contributed by atoms with Crippen molar-refractivity contribution < 1.29 is 8.78 Å². The maximum Gasteiger partial charge on any atom is 0.131 e. The van der Waals surface area contributed by atoms with Gasteiger partial charge >= 0.3 is 0 Å². The monoisotopic (exact) mass is 263 g/mol. The van der Waals surface area contributed by atoms with Gasteiger partial charge in [-0.25, -0.2) is 8.78 Å². The molecule has 2 aromatic rings. The Labute approximate surface area is 110 Å². The van der Waals surface area contributed by atoms with Gasteiger partial charge in [-0.05, 0) is 25.3 Å². The molecule has 3 nitrogen and oxygen atoms in total. The molecule has 0 saturated carbocycles. The minimum absolute atomic E-state index is 0.0237. The van der Waals surface area contributed by atoms with Gasteiger partial charge in [-0.3, -0.25) is 4.68 Å². The lowest BCUT2D eigenvalue weighted by atomic mass is 9.94. The molecule has 1 atom stereocenters. The van der Waals surface area contributed by atoms with Gasteiger partial charge in [-0.15, -0.1) is 0 Å². The molecule has 100 valence electrons. The normalized spacial score (nSPS) is 18.4. The van der Waals surface area contributed by atoms with Crippen molar-refractivity contribution in [3.05, 3.63) is 52.9 Å². The van der Waals surface area contributed by atoms with E-state index in [2.05, 4.69) is 5.10 Å². The SMILES string of the molecule is NC1CCCc2c1cnn2Cc1ccc(F)cc1F. The zero-order chi connectivity index (χ0) is 13.4. The van der Waals surface area contributed by atoms with Gasteiger partial charge in [-0.2, -0.15) is 5.10 Å². The van der Waals surface area contributed by atoms with Crippen LogP contribution in [0.4, 0.5) is 8.78 Å². The van der Waals surface area contributed by atoms with Gasteiger partial charge in [0.1, 0.15) is 11.6 Å². The third kappa shape index (κ3) is 2.26. The van der Waals surface area contributed by atoms with Crippen molar-refractivity contribution in [1.29, 1.82) is 0 Å². The second kappa shape index (κ2) is 4.74. The van der Waals surface area contributed by atoms with Crippen LogP contribution in [0.3, 0.4) is 0 Å². The first-order valence-corrected chi connectivity index (χ1v) is 6.39. The lowest BCUT2D eigenvalue weighted by Gasteiger charge is -2.19. The molecule has 1 aromatic heterocycles. The molecule has 0 fully saturated rings. The van der Waals surface area contributed by atoms with Crippen molar-refractivity contribution in [3.63, 3.8) is 0 Å². The number of benzene rings is 1. The van der Waals surface area contributed by atoms with Gasteiger partial charge in [-0.1, -0.05) is 6.07 Å². The minimum atomic E-state index is -0.564. The molecule has 3 rings (SSSR count). The molecule has 5 heteroatoms. The van der Waals surface area contributed by atoms with Crippen LogP contribution in [0.1, 0.15) is 35.7 Å². The number of aromatic nitrogens is 2. The molecule has 0 aliphatic heterocycles. The van der Waals surface area contributed by atoms with E-state index in [9.17, 15) is 8.78 Å². The van der Waals surface area contributed by atoms with E-state index in [0.29, 0.717) is 12.1 Å². The van der Waals surface area contributed by atoms with E-state index in [0.717, 1.165) is 36.6 Å². The Hall–Kier alpha value is -1.75. The molecule has 1 aromatic carbocycles. The van der Waals surface area contributed by atoms with Gasteiger partial charge in [0.25, 0.3) is 0 Å². The summed E-state index contributed by atoms with van der Waals surface area (Å²) in [6, 6.07) is 3.65. The van der Waals surface area contributed by atoms with Crippen molar-refractivity contribution in [2.24, 2.45) is 5.73 Å². The topological polar surface area (TPSA) is 43.8 Å². The van der Waals surface area contributed by atoms with E-state index in [1.807, 2.05) is 0 Å². The summed E-state index contributed by atoms with van der Waals surface area (Å²) in [5, 5.41) is 4.28. The van der Waals surface area contributed by atoms with E-state index in [1.54, 1.807) is 10.9 Å². The fraction of sp³-hybridized carbons (Fsp3) is 0.357. The first-order valence-electron chi connectivity index (χ1n) is 6.39. The van der Waals surface area contributed by atoms with E-state index in [4.69, 9.17) is 5.73 Å². The molecule has 1 heterocycles. The Morgan fingerprint density at radius 2 is 2.21 bits per heavy atom. The van der Waals surface area contributed by atoms with Crippen LogP contribution in [-0.2, 0) is 13.0 Å². The molecule has 0 bridgehead atoms. The van der Waals surface area contributed by atoms with Crippen LogP contribution >= 0.6 is 0 Å². The predicted octanol–water partition coefficient (Wildman–Crippen LogP) is 2.55. The summed E-state index contributed by atoms with van der Waals surface area (Å²) in [7, 11) is 0. The summed E-state index contributed by atoms with van der Waals surface area (Å²) in [6.45, 7) is 0.314. The highest BCUT2D eigenvalue weighted by atomic mass is 19.1. The van der Waals surface area contributed by atoms with Gasteiger partial charge in [0, 0.05) is 28.9 Å². The Kier molecular flexibility index (Phi) is 3.06. The second-order valence-corrected chi connectivity index (χ2v) is 4.94. The van der Waals surface area contributed by atoms with Crippen molar-refractivity contribution in [1.82, 2.24) is 9.78 Å². The summed E-state index contributed by atoms with van der Waals surface area (Å²) >= 11 is 0. The Morgan fingerprint density at radius 3 is 3.00 bits per heavy atom. The molecular formula is C14H15F2N3. The summed E-state index contributed by atoms with van der Waals surface area (Å²) in [6.07, 6.45) is 4.65. The van der Waals surface area contributed by atoms with Crippen LogP contribution in [0.2, 0.25) is 0 Å². The average Bonchev–Trinajstić information content (AvgIpc) is 2.78. The minimum Gasteiger partial charge on any atom is -0.324 e. The molecule has 0 spiro atoms. The van der Waals surface area contributed by atoms with Crippen LogP contribution < -0.4 is 5.73 Å². The maximum absolute atomic E-state index is 13.6. The van der Waals surface area contributed by atoms with E-state index in [1.165, 1.54) is 12.1 Å². The molecule has 1 unspecified atom stereocenters. The van der Waals surface area contributed by atoms with Gasteiger partial charge in [0.2, 0.25) is 0 Å². The first kappa shape index (κ1) is 12.3. The van der Waals surface area contributed by atoms with Gasteiger partial charge < -0.3 is 5.73 Å². The van der Waals surface area contributed by atoms with Gasteiger partial charge in [0.15, 0.2) is 0 Å². The molecule has 1 aliphatic carbocycles. The first-order chi connectivity index (χ1) is 9.15. The van der Waals surface area contributed by atoms with Crippen molar-refractivity contribution in [2.75, 3.05) is 0 Å². The summed E-state index contributed by atoms with van der Waals surface area (Å²) in [5.41, 5.74) is 8.58. The van der Waals surface area contributed by atoms with Crippen molar-refractivity contribution in [2.45, 2.75) is 31.8 Å². The van der Waals surface area contributed by atoms with Crippen molar-refractivity contribution >= 4 is 0 Å². The third-order valence-electron chi connectivity index (χ3n) is 3.64. The summed E-state index contributed by atoms with van der Waals surface area (Å²) < 4.78 is 28.3. The molecule has 0 radical (unpaired) electrons. The molecule has 1 aliphatic rings. The maximum atomic E-state index is 13.6. The fourth-order valence-corrected chi connectivity index (χ4v) is 2.60. The van der Waals surface area contributed by atoms with E-state index < -0.39 is 11.6 Å². The molecule has 19 heavy (non-hydrogen) atoms. The number of hydrogen-bond donors (Lipinski definition) is 1. The number of fused-ring (bicyclic) bond motifs is 1. The number of rotatable bonds is 2. The lowest BCUT2D eigenvalue weighted by molar-refractivity contribution is 0.524. The molecule has 0 saturated heterocycles. The number of nitrogens with two attached hydrogens (primary N) is 1. The lowest BCUT2D eigenvalue weighted by Crippen LogP contribution is -2.18. The largest absolute Gasteiger partial charge is 0.324 e. The molecule has 0 amide bonds. The van der Waals surface area contributed by atoms with Crippen LogP contribution in [0.5, 0.6) is 0 Å². The Morgan fingerprint density at radius 1 is 1.37 bits per heavy atom. The Balaban J connectivity index is 1.92. The zero-order valence-electron chi connectivity index (χ0n) is 10.4. The van der Waals surface area contributed by atoms with Crippen molar-refractivity contribution in [3.8, 4) is 0 Å². The summed E-state index contributed by atoms with van der Waals surface area (Å²) in [4.78, 5) is 0. The third-order valence-corrected chi connectivity index (χ3v) is 3.64. The molecule has 2 N–H and O–H groups in total. The highest BCUT2D eigenvalue weighted by molar-refractivity contribution is 5.26. The van der Waals surface area contributed by atoms with Crippen LogP contribution in [0.15, 0.2) is 24.4 Å². The number of nitrogens with zero attached hydrogens (tertiary/aromatic N) is 2. The quantitative estimate of drug-likeness (QED) is 0.905. The fourth-order valence-electron chi connectivity index (χ4n) is 2.60. The standard InChI is InChI=1S/C14H15F2N3/c15-10-5-4-9(12(16)6-10)8-19-14-3-1-2-13(17)11(14)7-18-19/h4-7,13H,1-3,8,17H2. The number of halogens is 2. The predicted molar refractivity (Wildman–Crippen MR) is 67.6 cm³/mol. The Bertz CT molecular complexity index is 607. The zero-order valence-corrected chi connectivity index (χ0v) is 10.4. The van der Waals surface area contributed by atoms with Crippen LogP contribution in [-0.4, -0.2) is 9.78 Å². The van der Waals surface area contributed by atoms with Crippen LogP contribution in [0.25, 0.3) is 0 Å². The van der Waals surface area contributed by atoms with Crippen LogP contribution in [0, 0.1) is 11.6 Å².